The lowest BCUT2D eigenvalue weighted by molar-refractivity contribution is -0.126. The maximum Gasteiger partial charge on any atom is 0.245 e. The molecule has 122 valence electrons. The number of carbonyl (C=O) groups is 1. The monoisotopic (exact) mass is 341 g/mol. The Morgan fingerprint density at radius 3 is 2.46 bits per heavy atom. The van der Waals surface area contributed by atoms with Gasteiger partial charge in [0.2, 0.25) is 15.9 Å². The fourth-order valence-corrected chi connectivity index (χ4v) is 4.49. The molecule has 1 amide bonds. The first-order valence-corrected chi connectivity index (χ1v) is 8.83. The average molecular weight is 341 g/mol. The summed E-state index contributed by atoms with van der Waals surface area (Å²) in [7, 11) is -3.99. The van der Waals surface area contributed by atoms with Gasteiger partial charge in [-0.3, -0.25) is 4.79 Å². The first kappa shape index (κ1) is 16.2. The SMILES string of the molecule is N#Cc1ccccc1S(=O)(=O)N1CCNC(=O)[C@@H]1c1ccccc1. The lowest BCUT2D eigenvalue weighted by atomic mass is 10.1. The molecule has 6 nitrogen and oxygen atoms in total. The number of rotatable bonds is 3. The summed E-state index contributed by atoms with van der Waals surface area (Å²) in [6.45, 7) is 0.378. The van der Waals surface area contributed by atoms with Crippen molar-refractivity contribution in [1.29, 1.82) is 5.26 Å². The molecule has 0 radical (unpaired) electrons. The van der Waals surface area contributed by atoms with E-state index in [0.29, 0.717) is 5.56 Å². The third-order valence-electron chi connectivity index (χ3n) is 3.88. The summed E-state index contributed by atoms with van der Waals surface area (Å²) in [5.41, 5.74) is 0.656. The molecule has 0 spiro atoms. The number of hydrogen-bond donors (Lipinski definition) is 1. The zero-order chi connectivity index (χ0) is 17.2. The zero-order valence-electron chi connectivity index (χ0n) is 12.7. The molecule has 0 unspecified atom stereocenters. The normalized spacial score (nSPS) is 18.6. The molecule has 2 aromatic rings. The van der Waals surface area contributed by atoms with Crippen LogP contribution in [-0.4, -0.2) is 31.7 Å². The van der Waals surface area contributed by atoms with Crippen LogP contribution in [0.1, 0.15) is 17.2 Å². The van der Waals surface area contributed by atoms with Crippen LogP contribution >= 0.6 is 0 Å². The summed E-state index contributed by atoms with van der Waals surface area (Å²) in [6, 6.07) is 15.7. The van der Waals surface area contributed by atoms with Crippen molar-refractivity contribution in [3.05, 3.63) is 65.7 Å². The standard InChI is InChI=1S/C17H15N3O3S/c18-12-14-8-4-5-9-15(14)24(22,23)20-11-10-19-17(21)16(20)13-6-2-1-3-7-13/h1-9,16H,10-11H2,(H,19,21)/t16-/m0/s1. The number of nitrogens with zero attached hydrogens (tertiary/aromatic N) is 2. The minimum atomic E-state index is -3.99. The predicted molar refractivity (Wildman–Crippen MR) is 87.2 cm³/mol. The Kier molecular flexibility index (Phi) is 4.34. The van der Waals surface area contributed by atoms with Crippen LogP contribution in [0.15, 0.2) is 59.5 Å². The van der Waals surface area contributed by atoms with E-state index < -0.39 is 16.1 Å². The van der Waals surface area contributed by atoms with E-state index in [0.717, 1.165) is 4.31 Å². The van der Waals surface area contributed by atoms with Crippen molar-refractivity contribution in [3.8, 4) is 6.07 Å². The molecule has 24 heavy (non-hydrogen) atoms. The number of carbonyl (C=O) groups excluding carboxylic acids is 1. The van der Waals surface area contributed by atoms with Crippen molar-refractivity contribution in [2.24, 2.45) is 0 Å². The van der Waals surface area contributed by atoms with Gasteiger partial charge in [0.05, 0.1) is 10.5 Å². The van der Waals surface area contributed by atoms with Gasteiger partial charge in [0.15, 0.2) is 0 Å². The molecule has 1 fully saturated rings. The highest BCUT2D eigenvalue weighted by molar-refractivity contribution is 7.89. The summed E-state index contributed by atoms with van der Waals surface area (Å²) >= 11 is 0. The average Bonchev–Trinajstić information content (AvgIpc) is 2.62. The number of benzene rings is 2. The van der Waals surface area contributed by atoms with Crippen LogP contribution < -0.4 is 5.32 Å². The molecule has 1 heterocycles. The van der Waals surface area contributed by atoms with Gasteiger partial charge in [-0.15, -0.1) is 0 Å². The van der Waals surface area contributed by atoms with Crippen molar-refractivity contribution in [1.82, 2.24) is 9.62 Å². The summed E-state index contributed by atoms with van der Waals surface area (Å²) in [6.07, 6.45) is 0. The Morgan fingerprint density at radius 1 is 1.08 bits per heavy atom. The number of amides is 1. The third-order valence-corrected chi connectivity index (χ3v) is 5.80. The lowest BCUT2D eigenvalue weighted by Crippen LogP contribution is -2.52. The van der Waals surface area contributed by atoms with Crippen LogP contribution in [0.25, 0.3) is 0 Å². The van der Waals surface area contributed by atoms with E-state index in [4.69, 9.17) is 0 Å². The van der Waals surface area contributed by atoms with Crippen LogP contribution in [-0.2, 0) is 14.8 Å². The summed E-state index contributed by atoms with van der Waals surface area (Å²) < 4.78 is 27.3. The van der Waals surface area contributed by atoms with E-state index in [1.807, 2.05) is 6.07 Å². The zero-order valence-corrected chi connectivity index (χ0v) is 13.5. The molecule has 1 aliphatic heterocycles. The molecule has 1 N–H and O–H groups in total. The molecule has 1 atom stereocenters. The molecule has 0 aliphatic carbocycles. The topological polar surface area (TPSA) is 90.3 Å². The Hall–Kier alpha value is -2.69. The lowest BCUT2D eigenvalue weighted by Gasteiger charge is -2.34. The van der Waals surface area contributed by atoms with E-state index in [9.17, 15) is 18.5 Å². The molecule has 3 rings (SSSR count). The van der Waals surface area contributed by atoms with Crippen LogP contribution in [0.4, 0.5) is 0 Å². The molecule has 0 aromatic heterocycles. The third kappa shape index (κ3) is 2.77. The second-order valence-corrected chi connectivity index (χ2v) is 7.19. The highest BCUT2D eigenvalue weighted by atomic mass is 32.2. The Labute approximate surface area is 140 Å². The number of sulfonamides is 1. The number of nitriles is 1. The minimum Gasteiger partial charge on any atom is -0.353 e. The van der Waals surface area contributed by atoms with Gasteiger partial charge < -0.3 is 5.32 Å². The van der Waals surface area contributed by atoms with Crippen LogP contribution in [0.3, 0.4) is 0 Å². The van der Waals surface area contributed by atoms with E-state index >= 15 is 0 Å². The van der Waals surface area contributed by atoms with Crippen molar-refractivity contribution in [2.75, 3.05) is 13.1 Å². The fourth-order valence-electron chi connectivity index (χ4n) is 2.77. The molecule has 7 heteroatoms. The first-order chi connectivity index (χ1) is 11.6. The van der Waals surface area contributed by atoms with Crippen molar-refractivity contribution >= 4 is 15.9 Å². The van der Waals surface area contributed by atoms with Gasteiger partial charge >= 0.3 is 0 Å². The summed E-state index contributed by atoms with van der Waals surface area (Å²) in [4.78, 5) is 12.3. The molecule has 1 saturated heterocycles. The first-order valence-electron chi connectivity index (χ1n) is 7.39. The Morgan fingerprint density at radius 2 is 1.75 bits per heavy atom. The van der Waals surface area contributed by atoms with E-state index in [1.54, 1.807) is 42.5 Å². The highest BCUT2D eigenvalue weighted by Gasteiger charge is 2.40. The van der Waals surface area contributed by atoms with Crippen molar-refractivity contribution in [3.63, 3.8) is 0 Å². The van der Waals surface area contributed by atoms with E-state index in [-0.39, 0.29) is 29.5 Å². The van der Waals surface area contributed by atoms with Gasteiger partial charge in [-0.25, -0.2) is 8.42 Å². The van der Waals surface area contributed by atoms with Crippen LogP contribution in [0, 0.1) is 11.3 Å². The molecule has 0 saturated carbocycles. The molecule has 2 aromatic carbocycles. The second-order valence-electron chi connectivity index (χ2n) is 5.33. The number of hydrogen-bond acceptors (Lipinski definition) is 4. The quantitative estimate of drug-likeness (QED) is 0.914. The van der Waals surface area contributed by atoms with Gasteiger partial charge in [-0.1, -0.05) is 42.5 Å². The van der Waals surface area contributed by atoms with Crippen molar-refractivity contribution < 1.29 is 13.2 Å². The van der Waals surface area contributed by atoms with Crippen molar-refractivity contribution in [2.45, 2.75) is 10.9 Å². The largest absolute Gasteiger partial charge is 0.353 e. The van der Waals surface area contributed by atoms with E-state index in [1.165, 1.54) is 12.1 Å². The highest BCUT2D eigenvalue weighted by Crippen LogP contribution is 2.30. The maximum atomic E-state index is 13.1. The van der Waals surface area contributed by atoms with E-state index in [2.05, 4.69) is 5.32 Å². The second kappa shape index (κ2) is 6.43. The minimum absolute atomic E-state index is 0.0651. The van der Waals surface area contributed by atoms with Crippen LogP contribution in [0.5, 0.6) is 0 Å². The fraction of sp³-hybridized carbons (Fsp3) is 0.176. The van der Waals surface area contributed by atoms with Gasteiger partial charge in [0.25, 0.3) is 0 Å². The summed E-state index contributed by atoms with van der Waals surface area (Å²) in [5, 5.41) is 11.9. The molecule has 1 aliphatic rings. The predicted octanol–water partition coefficient (Wildman–Crippen LogP) is 1.42. The Bertz CT molecular complexity index is 904. The maximum absolute atomic E-state index is 13.1. The van der Waals surface area contributed by atoms with Gasteiger partial charge in [-0.05, 0) is 17.7 Å². The number of nitrogens with one attached hydrogen (secondary N) is 1. The Balaban J connectivity index is 2.11. The number of piperazine rings is 1. The summed E-state index contributed by atoms with van der Waals surface area (Å²) in [5.74, 6) is -0.370. The smallest absolute Gasteiger partial charge is 0.245 e. The van der Waals surface area contributed by atoms with Gasteiger partial charge in [0, 0.05) is 13.1 Å². The van der Waals surface area contributed by atoms with Gasteiger partial charge in [0.1, 0.15) is 12.1 Å². The molecule has 0 bridgehead atoms. The van der Waals surface area contributed by atoms with Crippen LogP contribution in [0.2, 0.25) is 0 Å². The van der Waals surface area contributed by atoms with Gasteiger partial charge in [-0.2, -0.15) is 9.57 Å². The molecular weight excluding hydrogens is 326 g/mol. The molecular formula is C17H15N3O3S.